The minimum atomic E-state index is 0.707. The first-order chi connectivity index (χ1) is 7.75. The second-order valence-electron chi connectivity index (χ2n) is 4.30. The summed E-state index contributed by atoms with van der Waals surface area (Å²) >= 11 is 7.18. The van der Waals surface area contributed by atoms with E-state index < -0.39 is 0 Å². The van der Waals surface area contributed by atoms with Crippen LogP contribution in [0.3, 0.4) is 0 Å². The lowest BCUT2D eigenvalue weighted by Crippen LogP contribution is -2.11. The first-order valence-electron chi connectivity index (χ1n) is 5.78. The minimum absolute atomic E-state index is 0.707. The monoisotopic (exact) mass is 346 g/mol. The van der Waals surface area contributed by atoms with Gasteiger partial charge in [-0.3, -0.25) is 0 Å². The Kier molecular flexibility index (Phi) is 4.71. The predicted octanol–water partition coefficient (Wildman–Crippen LogP) is 4.78. The molecule has 1 nitrogen and oxygen atoms in total. The SMILES string of the molecule is Brc1cccc(OCCC2CCCC2Br)c1. The van der Waals surface area contributed by atoms with Gasteiger partial charge in [0.05, 0.1) is 6.61 Å². The van der Waals surface area contributed by atoms with Gasteiger partial charge in [0, 0.05) is 9.30 Å². The highest BCUT2D eigenvalue weighted by Crippen LogP contribution is 2.33. The molecule has 2 unspecified atom stereocenters. The fourth-order valence-electron chi connectivity index (χ4n) is 2.20. The maximum Gasteiger partial charge on any atom is 0.120 e. The van der Waals surface area contributed by atoms with Gasteiger partial charge < -0.3 is 4.74 Å². The van der Waals surface area contributed by atoms with Crippen molar-refractivity contribution in [2.45, 2.75) is 30.5 Å². The molecule has 0 bridgehead atoms. The molecule has 0 N–H and O–H groups in total. The number of alkyl halides is 1. The van der Waals surface area contributed by atoms with Crippen LogP contribution in [0.25, 0.3) is 0 Å². The fraction of sp³-hybridized carbons (Fsp3) is 0.538. The van der Waals surface area contributed by atoms with Crippen molar-refractivity contribution in [2.75, 3.05) is 6.61 Å². The van der Waals surface area contributed by atoms with Gasteiger partial charge in [0.15, 0.2) is 0 Å². The lowest BCUT2D eigenvalue weighted by atomic mass is 10.1. The number of ether oxygens (including phenoxy) is 1. The van der Waals surface area contributed by atoms with E-state index in [1.807, 2.05) is 24.3 Å². The maximum absolute atomic E-state index is 5.75. The topological polar surface area (TPSA) is 9.23 Å². The van der Waals surface area contributed by atoms with Crippen LogP contribution in [0, 0.1) is 5.92 Å². The Labute approximate surface area is 114 Å². The van der Waals surface area contributed by atoms with Gasteiger partial charge >= 0.3 is 0 Å². The molecule has 0 aliphatic heterocycles. The van der Waals surface area contributed by atoms with Gasteiger partial charge in [-0.25, -0.2) is 0 Å². The predicted molar refractivity (Wildman–Crippen MR) is 74.3 cm³/mol. The molecule has 1 fully saturated rings. The van der Waals surface area contributed by atoms with Crippen molar-refractivity contribution < 1.29 is 4.74 Å². The summed E-state index contributed by atoms with van der Waals surface area (Å²) in [6, 6.07) is 8.03. The molecule has 3 heteroatoms. The van der Waals surface area contributed by atoms with Crippen molar-refractivity contribution in [2.24, 2.45) is 5.92 Å². The van der Waals surface area contributed by atoms with Crippen LogP contribution in [-0.2, 0) is 0 Å². The summed E-state index contributed by atoms with van der Waals surface area (Å²) in [4.78, 5) is 0.707. The molecule has 16 heavy (non-hydrogen) atoms. The molecule has 0 amide bonds. The summed E-state index contributed by atoms with van der Waals surface area (Å²) < 4.78 is 6.82. The van der Waals surface area contributed by atoms with Crippen molar-refractivity contribution in [3.05, 3.63) is 28.7 Å². The molecule has 1 aliphatic carbocycles. The zero-order valence-electron chi connectivity index (χ0n) is 9.16. The number of rotatable bonds is 4. The summed E-state index contributed by atoms with van der Waals surface area (Å²) in [5.74, 6) is 1.76. The van der Waals surface area contributed by atoms with E-state index in [0.717, 1.165) is 29.2 Å². The summed E-state index contributed by atoms with van der Waals surface area (Å²) in [6.45, 7) is 0.823. The third kappa shape index (κ3) is 3.49. The van der Waals surface area contributed by atoms with Crippen LogP contribution in [0.4, 0.5) is 0 Å². The molecule has 0 radical (unpaired) electrons. The standard InChI is InChI=1S/C13H16Br2O/c14-11-4-2-5-12(9-11)16-8-7-10-3-1-6-13(10)15/h2,4-5,9-10,13H,1,3,6-8H2. The second kappa shape index (κ2) is 6.06. The van der Waals surface area contributed by atoms with Crippen molar-refractivity contribution in [1.29, 1.82) is 0 Å². The molecule has 0 saturated heterocycles. The zero-order valence-corrected chi connectivity index (χ0v) is 12.3. The van der Waals surface area contributed by atoms with E-state index in [1.54, 1.807) is 0 Å². The third-order valence-corrected chi connectivity index (χ3v) is 4.82. The first kappa shape index (κ1) is 12.4. The van der Waals surface area contributed by atoms with Gasteiger partial charge in [-0.15, -0.1) is 0 Å². The molecular weight excluding hydrogens is 332 g/mol. The van der Waals surface area contributed by atoms with Gasteiger partial charge in [0.1, 0.15) is 5.75 Å². The number of hydrogen-bond acceptors (Lipinski definition) is 1. The molecule has 1 aromatic rings. The molecule has 1 aromatic carbocycles. The van der Waals surface area contributed by atoms with Crippen LogP contribution >= 0.6 is 31.9 Å². The van der Waals surface area contributed by atoms with Crippen molar-refractivity contribution in [3.63, 3.8) is 0 Å². The van der Waals surface area contributed by atoms with Crippen LogP contribution in [0.15, 0.2) is 28.7 Å². The third-order valence-electron chi connectivity index (χ3n) is 3.12. The highest BCUT2D eigenvalue weighted by molar-refractivity contribution is 9.10. The van der Waals surface area contributed by atoms with Crippen LogP contribution in [0.5, 0.6) is 5.75 Å². The summed E-state index contributed by atoms with van der Waals surface area (Å²) in [7, 11) is 0. The maximum atomic E-state index is 5.75. The average Bonchev–Trinajstić information content (AvgIpc) is 2.65. The molecule has 0 aromatic heterocycles. The Bertz CT molecular complexity index is 340. The number of hydrogen-bond donors (Lipinski definition) is 0. The lowest BCUT2D eigenvalue weighted by Gasteiger charge is -2.14. The van der Waals surface area contributed by atoms with E-state index >= 15 is 0 Å². The van der Waals surface area contributed by atoms with E-state index in [0.29, 0.717) is 4.83 Å². The van der Waals surface area contributed by atoms with E-state index in [2.05, 4.69) is 31.9 Å². The highest BCUT2D eigenvalue weighted by Gasteiger charge is 2.24. The van der Waals surface area contributed by atoms with Gasteiger partial charge in [-0.2, -0.15) is 0 Å². The summed E-state index contributed by atoms with van der Waals surface area (Å²) in [5.41, 5.74) is 0. The summed E-state index contributed by atoms with van der Waals surface area (Å²) in [6.07, 6.45) is 5.18. The molecular formula is C13H16Br2O. The Morgan fingerprint density at radius 1 is 1.31 bits per heavy atom. The Balaban J connectivity index is 1.75. The van der Waals surface area contributed by atoms with E-state index in [1.165, 1.54) is 19.3 Å². The summed E-state index contributed by atoms with van der Waals surface area (Å²) in [5, 5.41) is 0. The van der Waals surface area contributed by atoms with Crippen LogP contribution < -0.4 is 4.74 Å². The average molecular weight is 348 g/mol. The molecule has 2 atom stereocenters. The van der Waals surface area contributed by atoms with Gasteiger partial charge in [0.2, 0.25) is 0 Å². The van der Waals surface area contributed by atoms with Gasteiger partial charge in [-0.05, 0) is 43.4 Å². The zero-order chi connectivity index (χ0) is 11.4. The van der Waals surface area contributed by atoms with E-state index in [9.17, 15) is 0 Å². The molecule has 2 rings (SSSR count). The van der Waals surface area contributed by atoms with Crippen molar-refractivity contribution in [3.8, 4) is 5.75 Å². The van der Waals surface area contributed by atoms with Gasteiger partial charge in [0.25, 0.3) is 0 Å². The molecule has 0 spiro atoms. The van der Waals surface area contributed by atoms with Crippen LogP contribution in [0.1, 0.15) is 25.7 Å². The van der Waals surface area contributed by atoms with Crippen LogP contribution in [-0.4, -0.2) is 11.4 Å². The highest BCUT2D eigenvalue weighted by atomic mass is 79.9. The van der Waals surface area contributed by atoms with E-state index in [-0.39, 0.29) is 0 Å². The van der Waals surface area contributed by atoms with E-state index in [4.69, 9.17) is 4.74 Å². The largest absolute Gasteiger partial charge is 0.494 e. The molecule has 0 heterocycles. The Morgan fingerprint density at radius 2 is 2.19 bits per heavy atom. The van der Waals surface area contributed by atoms with Crippen LogP contribution in [0.2, 0.25) is 0 Å². The quantitative estimate of drug-likeness (QED) is 0.712. The van der Waals surface area contributed by atoms with Crippen molar-refractivity contribution >= 4 is 31.9 Å². The Morgan fingerprint density at radius 3 is 2.88 bits per heavy atom. The number of halogens is 2. The fourth-order valence-corrected chi connectivity index (χ4v) is 3.43. The lowest BCUT2D eigenvalue weighted by molar-refractivity contribution is 0.281. The Hall–Kier alpha value is -0.0200. The first-order valence-corrected chi connectivity index (χ1v) is 7.49. The van der Waals surface area contributed by atoms with Crippen molar-refractivity contribution in [1.82, 2.24) is 0 Å². The number of benzene rings is 1. The molecule has 1 saturated carbocycles. The smallest absolute Gasteiger partial charge is 0.120 e. The van der Waals surface area contributed by atoms with Gasteiger partial charge in [-0.1, -0.05) is 44.3 Å². The molecule has 1 aliphatic rings. The molecule has 88 valence electrons. The minimum Gasteiger partial charge on any atom is -0.494 e. The second-order valence-corrected chi connectivity index (χ2v) is 6.39. The normalized spacial score (nSPS) is 24.6.